The zero-order valence-electron chi connectivity index (χ0n) is 14.4. The highest BCUT2D eigenvalue weighted by molar-refractivity contribution is 7.99. The van der Waals surface area contributed by atoms with Crippen molar-refractivity contribution in [3.63, 3.8) is 0 Å². The van der Waals surface area contributed by atoms with Crippen LogP contribution in [0.3, 0.4) is 0 Å². The van der Waals surface area contributed by atoms with Crippen LogP contribution in [0.25, 0.3) is 0 Å². The zero-order chi connectivity index (χ0) is 17.9. The van der Waals surface area contributed by atoms with Crippen LogP contribution in [0.4, 0.5) is 5.82 Å². The molecule has 3 N–H and O–H groups in total. The molecule has 0 unspecified atom stereocenters. The number of morpholine rings is 1. The van der Waals surface area contributed by atoms with Crippen molar-refractivity contribution >= 4 is 35.1 Å². The van der Waals surface area contributed by atoms with Crippen molar-refractivity contribution in [2.45, 2.75) is 30.8 Å². The number of thioether (sulfide) groups is 1. The lowest BCUT2D eigenvalue weighted by Crippen LogP contribution is -2.36. The Kier molecular flexibility index (Phi) is 9.31. The monoisotopic (exact) mass is 387 g/mol. The van der Waals surface area contributed by atoms with Gasteiger partial charge in [0.2, 0.25) is 5.91 Å². The van der Waals surface area contributed by atoms with Gasteiger partial charge in [0, 0.05) is 25.7 Å². The average molecular weight is 388 g/mol. The van der Waals surface area contributed by atoms with E-state index in [0.717, 1.165) is 51.1 Å². The Bertz CT molecular complexity index is 543. The number of nitrogens with zero attached hydrogens (tertiary/aromatic N) is 3. The summed E-state index contributed by atoms with van der Waals surface area (Å²) < 4.78 is 5.35. The molecular weight excluding hydrogens is 362 g/mol. The summed E-state index contributed by atoms with van der Waals surface area (Å²) in [5, 5.41) is 3.82. The number of rotatable bonds is 10. The maximum absolute atomic E-state index is 11.9. The lowest BCUT2D eigenvalue weighted by atomic mass is 10.2. The number of nitrogens with one attached hydrogen (secondary N) is 1. The first-order valence-corrected chi connectivity index (χ1v) is 10.0. The fourth-order valence-electron chi connectivity index (χ4n) is 2.44. The Balaban J connectivity index is 1.74. The molecule has 140 valence electrons. The van der Waals surface area contributed by atoms with E-state index in [1.807, 2.05) is 0 Å². The lowest BCUT2D eigenvalue weighted by molar-refractivity contribution is -0.118. The molecule has 2 rings (SSSR count). The SMILES string of the molecule is NCCCCCCNC(=O)CSc1nc(Cl)cc(N2CCOCC2)n1. The highest BCUT2D eigenvalue weighted by Crippen LogP contribution is 2.22. The molecule has 1 aliphatic heterocycles. The van der Waals surface area contributed by atoms with E-state index in [-0.39, 0.29) is 11.7 Å². The number of halogens is 1. The number of unbranched alkanes of at least 4 members (excludes halogenated alkanes) is 3. The van der Waals surface area contributed by atoms with E-state index >= 15 is 0 Å². The van der Waals surface area contributed by atoms with Gasteiger partial charge in [-0.15, -0.1) is 0 Å². The lowest BCUT2D eigenvalue weighted by Gasteiger charge is -2.27. The summed E-state index contributed by atoms with van der Waals surface area (Å²) in [4.78, 5) is 22.7. The molecular formula is C16H26ClN5O2S. The second-order valence-corrected chi connectivity index (χ2v) is 7.10. The molecule has 0 atom stereocenters. The highest BCUT2D eigenvalue weighted by Gasteiger charge is 2.15. The Morgan fingerprint density at radius 2 is 2.04 bits per heavy atom. The van der Waals surface area contributed by atoms with Crippen molar-refractivity contribution in [2.75, 3.05) is 50.0 Å². The minimum Gasteiger partial charge on any atom is -0.378 e. The normalized spacial score (nSPS) is 14.6. The predicted octanol–water partition coefficient (Wildman–Crippen LogP) is 1.69. The van der Waals surface area contributed by atoms with Crippen LogP contribution in [0.15, 0.2) is 11.2 Å². The molecule has 25 heavy (non-hydrogen) atoms. The third-order valence-electron chi connectivity index (χ3n) is 3.78. The minimum atomic E-state index is -0.0136. The molecule has 0 aliphatic carbocycles. The number of aromatic nitrogens is 2. The number of anilines is 1. The molecule has 7 nitrogen and oxygen atoms in total. The van der Waals surface area contributed by atoms with Gasteiger partial charge in [-0.3, -0.25) is 4.79 Å². The van der Waals surface area contributed by atoms with Crippen molar-refractivity contribution in [3.05, 3.63) is 11.2 Å². The molecule has 1 aliphatic rings. The average Bonchev–Trinajstić information content (AvgIpc) is 2.63. The molecule has 1 amide bonds. The molecule has 1 aromatic rings. The first-order chi connectivity index (χ1) is 12.2. The zero-order valence-corrected chi connectivity index (χ0v) is 15.9. The molecule has 1 fully saturated rings. The molecule has 0 aromatic carbocycles. The highest BCUT2D eigenvalue weighted by atomic mass is 35.5. The standard InChI is InChI=1S/C16H26ClN5O2S/c17-13-11-14(22-7-9-24-10-8-22)21-16(20-13)25-12-15(23)19-6-4-2-1-3-5-18/h11H,1-10,12,18H2,(H,19,23). The number of nitrogens with two attached hydrogens (primary N) is 1. The number of ether oxygens (including phenoxy) is 1. The first kappa shape index (κ1) is 20.2. The molecule has 0 spiro atoms. The molecule has 1 saturated heterocycles. The molecule has 1 aromatic heterocycles. The molecule has 2 heterocycles. The summed E-state index contributed by atoms with van der Waals surface area (Å²) in [5.74, 6) is 1.05. The van der Waals surface area contributed by atoms with Gasteiger partial charge in [0.25, 0.3) is 0 Å². The van der Waals surface area contributed by atoms with Crippen molar-refractivity contribution < 1.29 is 9.53 Å². The Labute approximate surface area is 158 Å². The minimum absolute atomic E-state index is 0.0136. The van der Waals surface area contributed by atoms with Crippen LogP contribution < -0.4 is 16.0 Å². The summed E-state index contributed by atoms with van der Waals surface area (Å²) in [6.45, 7) is 4.34. The van der Waals surface area contributed by atoms with E-state index in [1.165, 1.54) is 11.8 Å². The van der Waals surface area contributed by atoms with Crippen LogP contribution >= 0.6 is 23.4 Å². The van der Waals surface area contributed by atoms with Crippen LogP contribution in [0.2, 0.25) is 5.15 Å². The number of carbonyl (C=O) groups is 1. The molecule has 9 heteroatoms. The predicted molar refractivity (Wildman–Crippen MR) is 101 cm³/mol. The number of hydrogen-bond donors (Lipinski definition) is 2. The van der Waals surface area contributed by atoms with Crippen molar-refractivity contribution in [1.29, 1.82) is 0 Å². The third-order valence-corrected chi connectivity index (χ3v) is 4.82. The topological polar surface area (TPSA) is 93.4 Å². The van der Waals surface area contributed by atoms with Crippen molar-refractivity contribution in [3.8, 4) is 0 Å². The van der Waals surface area contributed by atoms with Gasteiger partial charge in [-0.05, 0) is 19.4 Å². The van der Waals surface area contributed by atoms with Crippen LogP contribution in [0, 0.1) is 0 Å². The summed E-state index contributed by atoms with van der Waals surface area (Å²) in [7, 11) is 0. The Morgan fingerprint density at radius 3 is 2.80 bits per heavy atom. The Hall–Kier alpha value is -1.09. The summed E-state index contributed by atoms with van der Waals surface area (Å²) in [6.07, 6.45) is 4.22. The van der Waals surface area contributed by atoms with Crippen LogP contribution in [0.1, 0.15) is 25.7 Å². The number of amides is 1. The first-order valence-electron chi connectivity index (χ1n) is 8.66. The van der Waals surface area contributed by atoms with Crippen molar-refractivity contribution in [1.82, 2.24) is 15.3 Å². The van der Waals surface area contributed by atoms with Gasteiger partial charge in [0.1, 0.15) is 11.0 Å². The van der Waals surface area contributed by atoms with Gasteiger partial charge in [-0.25, -0.2) is 9.97 Å². The summed E-state index contributed by atoms with van der Waals surface area (Å²) in [6, 6.07) is 1.75. The smallest absolute Gasteiger partial charge is 0.230 e. The number of hydrogen-bond acceptors (Lipinski definition) is 7. The van der Waals surface area contributed by atoms with Gasteiger partial charge in [-0.1, -0.05) is 36.2 Å². The fourth-order valence-corrected chi connectivity index (χ4v) is 3.35. The van der Waals surface area contributed by atoms with E-state index in [4.69, 9.17) is 22.1 Å². The van der Waals surface area contributed by atoms with Gasteiger partial charge in [-0.2, -0.15) is 0 Å². The van der Waals surface area contributed by atoms with Gasteiger partial charge in [0.15, 0.2) is 5.16 Å². The van der Waals surface area contributed by atoms with Crippen molar-refractivity contribution in [2.24, 2.45) is 5.73 Å². The maximum atomic E-state index is 11.9. The fraction of sp³-hybridized carbons (Fsp3) is 0.688. The largest absolute Gasteiger partial charge is 0.378 e. The van der Waals surface area contributed by atoms with Crippen LogP contribution in [0.5, 0.6) is 0 Å². The molecule has 0 radical (unpaired) electrons. The van der Waals surface area contributed by atoms with E-state index in [9.17, 15) is 4.79 Å². The van der Waals surface area contributed by atoms with E-state index in [2.05, 4.69) is 20.2 Å². The van der Waals surface area contributed by atoms with Gasteiger partial charge in [0.05, 0.1) is 19.0 Å². The Morgan fingerprint density at radius 1 is 1.28 bits per heavy atom. The van der Waals surface area contributed by atoms with Crippen LogP contribution in [-0.2, 0) is 9.53 Å². The van der Waals surface area contributed by atoms with E-state index < -0.39 is 0 Å². The summed E-state index contributed by atoms with van der Waals surface area (Å²) in [5.41, 5.74) is 5.45. The van der Waals surface area contributed by atoms with Crippen LogP contribution in [-0.4, -0.2) is 61.0 Å². The number of carbonyl (C=O) groups excluding carboxylic acids is 1. The molecule has 0 saturated carbocycles. The second-order valence-electron chi connectivity index (χ2n) is 5.77. The van der Waals surface area contributed by atoms with Gasteiger partial charge < -0.3 is 20.7 Å². The quantitative estimate of drug-likeness (QED) is 0.273. The van der Waals surface area contributed by atoms with E-state index in [0.29, 0.717) is 30.1 Å². The second kappa shape index (κ2) is 11.5. The van der Waals surface area contributed by atoms with Gasteiger partial charge >= 0.3 is 0 Å². The molecule has 0 bridgehead atoms. The van der Waals surface area contributed by atoms with E-state index in [1.54, 1.807) is 6.07 Å². The third kappa shape index (κ3) is 7.77. The summed E-state index contributed by atoms with van der Waals surface area (Å²) >= 11 is 7.40. The maximum Gasteiger partial charge on any atom is 0.230 e.